The van der Waals surface area contributed by atoms with E-state index in [-0.39, 0.29) is 0 Å². The van der Waals surface area contributed by atoms with Crippen LogP contribution in [0, 0.1) is 11.3 Å². The average Bonchev–Trinajstić information content (AvgIpc) is 2.70. The van der Waals surface area contributed by atoms with Crippen molar-refractivity contribution in [2.45, 2.75) is 13.1 Å². The van der Waals surface area contributed by atoms with Gasteiger partial charge in [0.15, 0.2) is 0 Å². The van der Waals surface area contributed by atoms with Gasteiger partial charge in [-0.2, -0.15) is 5.26 Å². The number of hydrogen-bond donors (Lipinski definition) is 0. The Hall–Kier alpha value is -2.74. The van der Waals surface area contributed by atoms with Gasteiger partial charge in [-0.25, -0.2) is 0 Å². The van der Waals surface area contributed by atoms with E-state index < -0.39 is 0 Å². The minimum absolute atomic E-state index is 0.724. The molecule has 1 aliphatic rings. The second kappa shape index (κ2) is 7.65. The number of hydrogen-bond acceptors (Lipinski definition) is 4. The van der Waals surface area contributed by atoms with E-state index in [0.717, 1.165) is 50.3 Å². The van der Waals surface area contributed by atoms with Crippen LogP contribution in [0.25, 0.3) is 10.9 Å². The van der Waals surface area contributed by atoms with E-state index in [1.54, 1.807) is 0 Å². The number of nitriles is 1. The third-order valence-corrected chi connectivity index (χ3v) is 5.06. The van der Waals surface area contributed by atoms with Crippen molar-refractivity contribution in [1.82, 2.24) is 14.8 Å². The van der Waals surface area contributed by atoms with Gasteiger partial charge < -0.3 is 0 Å². The molecule has 3 aromatic rings. The van der Waals surface area contributed by atoms with Crippen LogP contribution < -0.4 is 0 Å². The molecule has 0 spiro atoms. The SMILES string of the molecule is N#Cc1ccc(CN2CCN(Cc3cccc4cccnc34)CC2)cc1. The van der Waals surface area contributed by atoms with Crippen molar-refractivity contribution in [2.75, 3.05) is 26.2 Å². The van der Waals surface area contributed by atoms with Crippen LogP contribution in [-0.4, -0.2) is 41.0 Å². The molecule has 1 aliphatic heterocycles. The molecular weight excluding hydrogens is 320 g/mol. The molecule has 0 aliphatic carbocycles. The Morgan fingerprint density at radius 2 is 1.54 bits per heavy atom. The first-order valence-electron chi connectivity index (χ1n) is 9.08. The lowest BCUT2D eigenvalue weighted by molar-refractivity contribution is 0.122. The highest BCUT2D eigenvalue weighted by molar-refractivity contribution is 5.81. The lowest BCUT2D eigenvalue weighted by atomic mass is 10.1. The van der Waals surface area contributed by atoms with Gasteiger partial charge in [-0.05, 0) is 29.3 Å². The maximum atomic E-state index is 8.90. The van der Waals surface area contributed by atoms with E-state index >= 15 is 0 Å². The maximum absolute atomic E-state index is 8.90. The molecule has 0 radical (unpaired) electrons. The minimum atomic E-state index is 0.724. The molecule has 4 heteroatoms. The summed E-state index contributed by atoms with van der Waals surface area (Å²) in [5, 5.41) is 10.1. The molecule has 0 unspecified atom stereocenters. The Balaban J connectivity index is 1.35. The van der Waals surface area contributed by atoms with Gasteiger partial charge in [-0.15, -0.1) is 0 Å². The van der Waals surface area contributed by atoms with Crippen LogP contribution in [0.1, 0.15) is 16.7 Å². The Labute approximate surface area is 154 Å². The van der Waals surface area contributed by atoms with Crippen LogP contribution in [-0.2, 0) is 13.1 Å². The number of pyridine rings is 1. The molecule has 4 rings (SSSR count). The maximum Gasteiger partial charge on any atom is 0.0991 e. The van der Waals surface area contributed by atoms with Gasteiger partial charge in [0.1, 0.15) is 0 Å². The molecule has 1 fully saturated rings. The number of benzene rings is 2. The van der Waals surface area contributed by atoms with E-state index in [4.69, 9.17) is 5.26 Å². The molecule has 0 bridgehead atoms. The Morgan fingerprint density at radius 3 is 2.27 bits per heavy atom. The van der Waals surface area contributed by atoms with Crippen LogP contribution in [0.2, 0.25) is 0 Å². The largest absolute Gasteiger partial charge is 0.297 e. The van der Waals surface area contributed by atoms with Crippen LogP contribution in [0.15, 0.2) is 60.8 Å². The van der Waals surface area contributed by atoms with E-state index in [2.05, 4.69) is 57.3 Å². The van der Waals surface area contributed by atoms with Gasteiger partial charge in [0, 0.05) is 50.9 Å². The zero-order valence-corrected chi connectivity index (χ0v) is 14.8. The average molecular weight is 342 g/mol. The zero-order chi connectivity index (χ0) is 17.8. The first-order valence-corrected chi connectivity index (χ1v) is 9.08. The number of nitrogens with zero attached hydrogens (tertiary/aromatic N) is 4. The fourth-order valence-corrected chi connectivity index (χ4v) is 3.58. The third kappa shape index (κ3) is 3.75. The van der Waals surface area contributed by atoms with Gasteiger partial charge >= 0.3 is 0 Å². The quantitative estimate of drug-likeness (QED) is 0.729. The van der Waals surface area contributed by atoms with Gasteiger partial charge in [0.05, 0.1) is 17.1 Å². The van der Waals surface area contributed by atoms with E-state index in [9.17, 15) is 0 Å². The van der Waals surface area contributed by atoms with Crippen molar-refractivity contribution < 1.29 is 0 Å². The normalized spacial score (nSPS) is 15.8. The summed E-state index contributed by atoms with van der Waals surface area (Å²) >= 11 is 0. The standard InChI is InChI=1S/C22H22N4/c23-15-18-6-8-19(9-7-18)16-25-11-13-26(14-12-25)17-21-4-1-3-20-5-2-10-24-22(20)21/h1-10H,11-14,16-17H2. The van der Waals surface area contributed by atoms with Crippen molar-refractivity contribution in [3.8, 4) is 6.07 Å². The molecule has 0 atom stereocenters. The van der Waals surface area contributed by atoms with Gasteiger partial charge in [0.25, 0.3) is 0 Å². The lowest BCUT2D eigenvalue weighted by Crippen LogP contribution is -2.45. The molecule has 2 heterocycles. The Morgan fingerprint density at radius 1 is 0.846 bits per heavy atom. The first-order chi connectivity index (χ1) is 12.8. The summed E-state index contributed by atoms with van der Waals surface area (Å²) in [6.45, 7) is 6.18. The molecular formula is C22H22N4. The second-order valence-electron chi connectivity index (χ2n) is 6.85. The van der Waals surface area contributed by atoms with E-state index in [0.29, 0.717) is 0 Å². The predicted molar refractivity (Wildman–Crippen MR) is 103 cm³/mol. The van der Waals surface area contributed by atoms with E-state index in [1.807, 2.05) is 24.4 Å². The summed E-state index contributed by atoms with van der Waals surface area (Å²) in [6, 6.07) is 20.7. The van der Waals surface area contributed by atoms with Crippen LogP contribution in [0.5, 0.6) is 0 Å². The number of rotatable bonds is 4. The minimum Gasteiger partial charge on any atom is -0.297 e. The number of para-hydroxylation sites is 1. The molecule has 26 heavy (non-hydrogen) atoms. The van der Waals surface area contributed by atoms with Gasteiger partial charge in [-0.1, -0.05) is 36.4 Å². The number of fused-ring (bicyclic) bond motifs is 1. The molecule has 130 valence electrons. The summed E-state index contributed by atoms with van der Waals surface area (Å²) in [5.41, 5.74) is 4.43. The number of aromatic nitrogens is 1. The van der Waals surface area contributed by atoms with Gasteiger partial charge in [0.2, 0.25) is 0 Å². The second-order valence-corrected chi connectivity index (χ2v) is 6.85. The highest BCUT2D eigenvalue weighted by Crippen LogP contribution is 2.19. The van der Waals surface area contributed by atoms with Crippen molar-refractivity contribution in [2.24, 2.45) is 0 Å². The molecule has 0 N–H and O–H groups in total. The summed E-state index contributed by atoms with van der Waals surface area (Å²) in [4.78, 5) is 9.57. The van der Waals surface area contributed by atoms with Crippen molar-refractivity contribution in [1.29, 1.82) is 5.26 Å². The van der Waals surface area contributed by atoms with E-state index in [1.165, 1.54) is 16.5 Å². The fourth-order valence-electron chi connectivity index (χ4n) is 3.58. The first kappa shape index (κ1) is 16.7. The van der Waals surface area contributed by atoms with Crippen LogP contribution in [0.3, 0.4) is 0 Å². The highest BCUT2D eigenvalue weighted by Gasteiger charge is 2.18. The van der Waals surface area contributed by atoms with Crippen molar-refractivity contribution in [3.63, 3.8) is 0 Å². The van der Waals surface area contributed by atoms with Crippen molar-refractivity contribution >= 4 is 10.9 Å². The molecule has 1 saturated heterocycles. The Kier molecular flexibility index (Phi) is 4.92. The lowest BCUT2D eigenvalue weighted by Gasteiger charge is -2.34. The summed E-state index contributed by atoms with van der Waals surface area (Å²) < 4.78 is 0. The fraction of sp³-hybridized carbons (Fsp3) is 0.273. The smallest absolute Gasteiger partial charge is 0.0991 e. The van der Waals surface area contributed by atoms with Crippen molar-refractivity contribution in [3.05, 3.63) is 77.5 Å². The molecule has 4 nitrogen and oxygen atoms in total. The highest BCUT2D eigenvalue weighted by atomic mass is 15.3. The number of piperazine rings is 1. The monoisotopic (exact) mass is 342 g/mol. The summed E-state index contributed by atoms with van der Waals surface area (Å²) in [5.74, 6) is 0. The molecule has 1 aromatic heterocycles. The van der Waals surface area contributed by atoms with Crippen LogP contribution in [0.4, 0.5) is 0 Å². The summed E-state index contributed by atoms with van der Waals surface area (Å²) in [7, 11) is 0. The van der Waals surface area contributed by atoms with Gasteiger partial charge in [-0.3, -0.25) is 14.8 Å². The molecule has 0 amide bonds. The third-order valence-electron chi connectivity index (χ3n) is 5.06. The zero-order valence-electron chi connectivity index (χ0n) is 14.8. The summed E-state index contributed by atoms with van der Waals surface area (Å²) in [6.07, 6.45) is 1.88. The predicted octanol–water partition coefficient (Wildman–Crippen LogP) is 3.42. The van der Waals surface area contributed by atoms with Crippen LogP contribution >= 0.6 is 0 Å². The molecule has 2 aromatic carbocycles. The topological polar surface area (TPSA) is 43.2 Å². The Bertz CT molecular complexity index is 914. The molecule has 0 saturated carbocycles.